The minimum atomic E-state index is -0.379. The van der Waals surface area contributed by atoms with Crippen molar-refractivity contribution in [1.29, 1.82) is 0 Å². The number of rotatable bonds is 4. The van der Waals surface area contributed by atoms with Crippen molar-refractivity contribution < 1.29 is 9.21 Å². The van der Waals surface area contributed by atoms with E-state index in [9.17, 15) is 4.79 Å². The Morgan fingerprint density at radius 3 is 2.76 bits per heavy atom. The van der Waals surface area contributed by atoms with Gasteiger partial charge < -0.3 is 4.42 Å². The highest BCUT2D eigenvalue weighted by molar-refractivity contribution is 6.32. The lowest BCUT2D eigenvalue weighted by Gasteiger charge is -2.01. The molecule has 126 valence electrons. The van der Waals surface area contributed by atoms with Crippen LogP contribution in [0.15, 0.2) is 53.0 Å². The first kappa shape index (κ1) is 16.9. The SMILES string of the molecule is Cc1ccc(C)c(-c2nnc(NC(=O)/C=C/c3ccccc3Cl)o2)c1. The number of amides is 1. The molecule has 3 aromatic rings. The van der Waals surface area contributed by atoms with E-state index in [1.807, 2.05) is 50.2 Å². The van der Waals surface area contributed by atoms with Gasteiger partial charge >= 0.3 is 6.01 Å². The van der Waals surface area contributed by atoms with Gasteiger partial charge in [0.2, 0.25) is 5.89 Å². The van der Waals surface area contributed by atoms with E-state index in [0.717, 1.165) is 22.3 Å². The molecule has 0 unspecified atom stereocenters. The fraction of sp³-hybridized carbons (Fsp3) is 0.105. The van der Waals surface area contributed by atoms with E-state index in [1.54, 1.807) is 12.1 Å². The summed E-state index contributed by atoms with van der Waals surface area (Å²) in [6.45, 7) is 3.95. The molecule has 0 fully saturated rings. The summed E-state index contributed by atoms with van der Waals surface area (Å²) in [5.41, 5.74) is 3.71. The van der Waals surface area contributed by atoms with Crippen molar-refractivity contribution in [2.75, 3.05) is 5.32 Å². The smallest absolute Gasteiger partial charge is 0.322 e. The van der Waals surface area contributed by atoms with Crippen LogP contribution in [0.2, 0.25) is 5.02 Å². The zero-order valence-electron chi connectivity index (χ0n) is 13.8. The van der Waals surface area contributed by atoms with Crippen molar-refractivity contribution in [3.8, 4) is 11.5 Å². The number of aryl methyl sites for hydroxylation is 2. The van der Waals surface area contributed by atoms with Crippen LogP contribution in [-0.4, -0.2) is 16.1 Å². The van der Waals surface area contributed by atoms with Gasteiger partial charge in [0.15, 0.2) is 0 Å². The summed E-state index contributed by atoms with van der Waals surface area (Å²) in [5.74, 6) is -0.0114. The first-order valence-corrected chi connectivity index (χ1v) is 8.05. The number of nitrogens with zero attached hydrogens (tertiary/aromatic N) is 2. The van der Waals surface area contributed by atoms with Crippen LogP contribution in [0.1, 0.15) is 16.7 Å². The lowest BCUT2D eigenvalue weighted by Crippen LogP contribution is -2.07. The van der Waals surface area contributed by atoms with Crippen molar-refractivity contribution in [1.82, 2.24) is 10.2 Å². The summed E-state index contributed by atoms with van der Waals surface area (Å²) in [6.07, 6.45) is 2.99. The zero-order valence-corrected chi connectivity index (χ0v) is 14.5. The molecule has 0 aliphatic rings. The molecule has 25 heavy (non-hydrogen) atoms. The van der Waals surface area contributed by atoms with Gasteiger partial charge in [-0.15, -0.1) is 5.10 Å². The summed E-state index contributed by atoms with van der Waals surface area (Å²) in [4.78, 5) is 12.0. The first-order chi connectivity index (χ1) is 12.0. The molecule has 0 aliphatic heterocycles. The largest absolute Gasteiger partial charge is 0.403 e. The molecule has 3 rings (SSSR count). The highest BCUT2D eigenvalue weighted by atomic mass is 35.5. The van der Waals surface area contributed by atoms with E-state index in [2.05, 4.69) is 15.5 Å². The summed E-state index contributed by atoms with van der Waals surface area (Å²) >= 11 is 6.04. The minimum absolute atomic E-state index is 0.0460. The fourth-order valence-electron chi connectivity index (χ4n) is 2.27. The Kier molecular flexibility index (Phi) is 4.95. The molecule has 2 aromatic carbocycles. The molecule has 6 heteroatoms. The molecule has 0 aliphatic carbocycles. The average molecular weight is 354 g/mol. The van der Waals surface area contributed by atoms with Crippen molar-refractivity contribution in [3.05, 3.63) is 70.3 Å². The predicted octanol–water partition coefficient (Wildman–Crippen LogP) is 4.66. The third kappa shape index (κ3) is 4.14. The molecule has 1 aromatic heterocycles. The van der Waals surface area contributed by atoms with Crippen LogP contribution in [0.25, 0.3) is 17.5 Å². The topological polar surface area (TPSA) is 68.0 Å². The quantitative estimate of drug-likeness (QED) is 0.693. The lowest BCUT2D eigenvalue weighted by atomic mass is 10.1. The molecule has 1 heterocycles. The van der Waals surface area contributed by atoms with E-state index in [-0.39, 0.29) is 11.9 Å². The molecule has 0 bridgehead atoms. The Hall–Kier alpha value is -2.92. The van der Waals surface area contributed by atoms with Gasteiger partial charge in [-0.1, -0.05) is 52.6 Å². The molecule has 0 atom stereocenters. The maximum atomic E-state index is 12.0. The van der Waals surface area contributed by atoms with Crippen molar-refractivity contribution >= 4 is 29.6 Å². The maximum Gasteiger partial charge on any atom is 0.322 e. The number of hydrogen-bond donors (Lipinski definition) is 1. The van der Waals surface area contributed by atoms with Gasteiger partial charge in [-0.25, -0.2) is 0 Å². The van der Waals surface area contributed by atoms with Gasteiger partial charge in [0.05, 0.1) is 0 Å². The number of nitrogens with one attached hydrogen (secondary N) is 1. The van der Waals surface area contributed by atoms with Gasteiger partial charge in [0.1, 0.15) is 0 Å². The highest BCUT2D eigenvalue weighted by Crippen LogP contribution is 2.24. The summed E-state index contributed by atoms with van der Waals surface area (Å²) in [5, 5.41) is 11.0. The van der Waals surface area contributed by atoms with Crippen LogP contribution in [-0.2, 0) is 4.79 Å². The molecular weight excluding hydrogens is 338 g/mol. The first-order valence-electron chi connectivity index (χ1n) is 7.67. The van der Waals surface area contributed by atoms with E-state index in [4.69, 9.17) is 16.0 Å². The van der Waals surface area contributed by atoms with Gasteiger partial charge in [0, 0.05) is 16.7 Å². The fourth-order valence-corrected chi connectivity index (χ4v) is 2.47. The Labute approximate surface area is 150 Å². The van der Waals surface area contributed by atoms with Gasteiger partial charge in [-0.2, -0.15) is 0 Å². The second-order valence-corrected chi connectivity index (χ2v) is 5.98. The van der Waals surface area contributed by atoms with E-state index in [0.29, 0.717) is 10.9 Å². The summed E-state index contributed by atoms with van der Waals surface area (Å²) in [6, 6.07) is 13.3. The second kappa shape index (κ2) is 7.32. The van der Waals surface area contributed by atoms with Crippen molar-refractivity contribution in [3.63, 3.8) is 0 Å². The van der Waals surface area contributed by atoms with Gasteiger partial charge in [-0.3, -0.25) is 10.1 Å². The second-order valence-electron chi connectivity index (χ2n) is 5.57. The van der Waals surface area contributed by atoms with E-state index in [1.165, 1.54) is 6.08 Å². The predicted molar refractivity (Wildman–Crippen MR) is 98.3 cm³/mol. The monoisotopic (exact) mass is 353 g/mol. The Bertz CT molecular complexity index is 947. The Morgan fingerprint density at radius 2 is 1.96 bits per heavy atom. The number of hydrogen-bond acceptors (Lipinski definition) is 4. The van der Waals surface area contributed by atoms with Gasteiger partial charge in [0.25, 0.3) is 5.91 Å². The summed E-state index contributed by atoms with van der Waals surface area (Å²) in [7, 11) is 0. The standard InChI is InChI=1S/C19H16ClN3O2/c1-12-7-8-13(2)15(11-12)18-22-23-19(25-18)21-17(24)10-9-14-5-3-4-6-16(14)20/h3-11H,1-2H3,(H,21,23,24)/b10-9+. The lowest BCUT2D eigenvalue weighted by molar-refractivity contribution is -0.112. The zero-order chi connectivity index (χ0) is 17.8. The Morgan fingerprint density at radius 1 is 1.16 bits per heavy atom. The number of carbonyl (C=O) groups excluding carboxylic acids is 1. The molecule has 1 N–H and O–H groups in total. The van der Waals surface area contributed by atoms with Crippen LogP contribution in [0.3, 0.4) is 0 Å². The number of halogens is 1. The Balaban J connectivity index is 1.72. The van der Waals surface area contributed by atoms with E-state index >= 15 is 0 Å². The maximum absolute atomic E-state index is 12.0. The highest BCUT2D eigenvalue weighted by Gasteiger charge is 2.12. The molecule has 0 saturated carbocycles. The molecule has 0 saturated heterocycles. The molecule has 0 spiro atoms. The number of carbonyl (C=O) groups is 1. The molecule has 0 radical (unpaired) electrons. The molecule has 5 nitrogen and oxygen atoms in total. The molecular formula is C19H16ClN3O2. The van der Waals surface area contributed by atoms with Crippen LogP contribution in [0.5, 0.6) is 0 Å². The third-order valence-electron chi connectivity index (χ3n) is 3.60. The summed E-state index contributed by atoms with van der Waals surface area (Å²) < 4.78 is 5.54. The third-order valence-corrected chi connectivity index (χ3v) is 3.94. The number of anilines is 1. The minimum Gasteiger partial charge on any atom is -0.403 e. The van der Waals surface area contributed by atoms with Crippen molar-refractivity contribution in [2.24, 2.45) is 0 Å². The number of aromatic nitrogens is 2. The average Bonchev–Trinajstić information content (AvgIpc) is 3.04. The van der Waals surface area contributed by atoms with Crippen LogP contribution < -0.4 is 5.32 Å². The van der Waals surface area contributed by atoms with Gasteiger partial charge in [-0.05, 0) is 43.2 Å². The van der Waals surface area contributed by atoms with Crippen LogP contribution >= 0.6 is 11.6 Å². The normalized spacial score (nSPS) is 11.0. The van der Waals surface area contributed by atoms with Crippen molar-refractivity contribution in [2.45, 2.75) is 13.8 Å². The molecule has 1 amide bonds. The van der Waals surface area contributed by atoms with Crippen LogP contribution in [0, 0.1) is 13.8 Å². The van der Waals surface area contributed by atoms with Crippen LogP contribution in [0.4, 0.5) is 6.01 Å². The van der Waals surface area contributed by atoms with E-state index < -0.39 is 0 Å². The number of benzene rings is 2.